The van der Waals surface area contributed by atoms with Crippen molar-refractivity contribution in [3.63, 3.8) is 0 Å². The van der Waals surface area contributed by atoms with Crippen LogP contribution < -0.4 is 0 Å². The zero-order valence-electron chi connectivity index (χ0n) is 17.2. The van der Waals surface area contributed by atoms with E-state index in [1.54, 1.807) is 12.1 Å². The minimum Gasteiger partial charge on any atom is -0.340 e. The van der Waals surface area contributed by atoms with Crippen molar-refractivity contribution in [1.82, 2.24) is 19.2 Å². The fourth-order valence-electron chi connectivity index (χ4n) is 4.07. The number of fused-ring (bicyclic) bond motifs is 1. The molecule has 30 heavy (non-hydrogen) atoms. The smallest absolute Gasteiger partial charge is 0.254 e. The molecule has 8 heteroatoms. The summed E-state index contributed by atoms with van der Waals surface area (Å²) >= 11 is 0. The van der Waals surface area contributed by atoms with E-state index in [-0.39, 0.29) is 16.8 Å². The summed E-state index contributed by atoms with van der Waals surface area (Å²) in [7, 11) is -3.54. The summed E-state index contributed by atoms with van der Waals surface area (Å²) in [6, 6.07) is 14.0. The molecule has 7 nitrogen and oxygen atoms in total. The molecule has 4 rings (SSSR count). The third-order valence-electron chi connectivity index (χ3n) is 5.68. The zero-order valence-corrected chi connectivity index (χ0v) is 18.0. The van der Waals surface area contributed by atoms with Crippen molar-refractivity contribution in [3.05, 3.63) is 59.9 Å². The van der Waals surface area contributed by atoms with Crippen molar-refractivity contribution in [2.24, 2.45) is 0 Å². The second-order valence-electron chi connectivity index (χ2n) is 7.41. The maximum absolute atomic E-state index is 13.2. The predicted molar refractivity (Wildman–Crippen MR) is 116 cm³/mol. The number of benzene rings is 2. The number of aromatic nitrogens is 2. The number of aromatic amines is 1. The van der Waals surface area contributed by atoms with Crippen LogP contribution in [0, 0.1) is 0 Å². The molecule has 1 N–H and O–H groups in total. The molecule has 1 fully saturated rings. The molecule has 0 spiro atoms. The number of carbonyl (C=O) groups is 1. The van der Waals surface area contributed by atoms with Crippen LogP contribution in [0.4, 0.5) is 0 Å². The van der Waals surface area contributed by atoms with Gasteiger partial charge in [-0.15, -0.1) is 0 Å². The number of nitrogens with zero attached hydrogens (tertiary/aromatic N) is 3. The number of sulfonamides is 1. The minimum absolute atomic E-state index is 0.107. The van der Waals surface area contributed by atoms with E-state index in [1.165, 1.54) is 16.4 Å². The number of hydrogen-bond donors (Lipinski definition) is 1. The number of rotatable bonds is 6. The first-order valence-corrected chi connectivity index (χ1v) is 11.8. The molecule has 1 saturated heterocycles. The number of nitrogens with one attached hydrogen (secondary N) is 1. The lowest BCUT2D eigenvalue weighted by Gasteiger charge is -2.23. The predicted octanol–water partition coefficient (Wildman–Crippen LogP) is 3.57. The Kier molecular flexibility index (Phi) is 5.62. The highest BCUT2D eigenvalue weighted by Gasteiger charge is 2.33. The lowest BCUT2D eigenvalue weighted by molar-refractivity contribution is 0.0730. The van der Waals surface area contributed by atoms with Gasteiger partial charge in [-0.2, -0.15) is 4.31 Å². The highest BCUT2D eigenvalue weighted by atomic mass is 32.2. The minimum atomic E-state index is -3.54. The lowest BCUT2D eigenvalue weighted by Crippen LogP contribution is -2.32. The van der Waals surface area contributed by atoms with Crippen LogP contribution in [0.2, 0.25) is 0 Å². The average molecular weight is 427 g/mol. The molecule has 1 aliphatic heterocycles. The van der Waals surface area contributed by atoms with Crippen molar-refractivity contribution in [2.45, 2.75) is 37.6 Å². The Morgan fingerprint density at radius 3 is 2.50 bits per heavy atom. The van der Waals surface area contributed by atoms with Crippen molar-refractivity contribution in [1.29, 1.82) is 0 Å². The number of carbonyl (C=O) groups excluding carboxylic acids is 1. The monoisotopic (exact) mass is 426 g/mol. The first kappa shape index (κ1) is 20.6. The molecule has 2 heterocycles. The van der Waals surface area contributed by atoms with E-state index in [9.17, 15) is 13.2 Å². The fraction of sp³-hybridized carbons (Fsp3) is 0.364. The van der Waals surface area contributed by atoms with Gasteiger partial charge in [-0.25, -0.2) is 13.4 Å². The van der Waals surface area contributed by atoms with Crippen LogP contribution in [0.25, 0.3) is 11.0 Å². The number of H-pyrrole nitrogens is 1. The molecule has 1 unspecified atom stereocenters. The first-order chi connectivity index (χ1) is 14.5. The Labute approximate surface area is 176 Å². The maximum Gasteiger partial charge on any atom is 0.254 e. The summed E-state index contributed by atoms with van der Waals surface area (Å²) in [6.07, 6.45) is 1.75. The number of amides is 1. The second-order valence-corrected chi connectivity index (χ2v) is 9.35. The molecular weight excluding hydrogens is 400 g/mol. The fourth-order valence-corrected chi connectivity index (χ4v) is 5.53. The van der Waals surface area contributed by atoms with Crippen LogP contribution in [-0.2, 0) is 10.0 Å². The SMILES string of the molecule is CCN(CC)S(=O)(=O)c1ccc(C(=O)N2CCCC2c2nc3ccccc3[nH]2)cc1. The molecular formula is C22H26N4O3S. The van der Waals surface area contributed by atoms with E-state index in [4.69, 9.17) is 0 Å². The zero-order chi connectivity index (χ0) is 21.3. The standard InChI is InChI=1S/C22H26N4O3S/c1-3-25(4-2)30(28,29)17-13-11-16(12-14-17)22(27)26-15-7-10-20(26)21-23-18-8-5-6-9-19(18)24-21/h5-6,8-9,11-14,20H,3-4,7,10,15H2,1-2H3,(H,23,24). The number of para-hydroxylation sites is 2. The quantitative estimate of drug-likeness (QED) is 0.653. The molecule has 1 amide bonds. The molecule has 1 atom stereocenters. The molecule has 1 aromatic heterocycles. The first-order valence-electron chi connectivity index (χ1n) is 10.3. The van der Waals surface area contributed by atoms with Crippen LogP contribution in [0.1, 0.15) is 48.9 Å². The highest BCUT2D eigenvalue weighted by Crippen LogP contribution is 2.32. The average Bonchev–Trinajstić information content (AvgIpc) is 3.40. The van der Waals surface area contributed by atoms with E-state index in [0.717, 1.165) is 29.7 Å². The van der Waals surface area contributed by atoms with E-state index in [2.05, 4.69) is 9.97 Å². The molecule has 0 aliphatic carbocycles. The van der Waals surface area contributed by atoms with E-state index < -0.39 is 10.0 Å². The second kappa shape index (κ2) is 8.20. The third-order valence-corrected chi connectivity index (χ3v) is 7.75. The number of likely N-dealkylation sites (tertiary alicyclic amines) is 1. The van der Waals surface area contributed by atoms with Gasteiger partial charge in [0, 0.05) is 25.2 Å². The van der Waals surface area contributed by atoms with E-state index in [1.807, 2.05) is 43.0 Å². The summed E-state index contributed by atoms with van der Waals surface area (Å²) in [5, 5.41) is 0. The van der Waals surface area contributed by atoms with Gasteiger partial charge in [0.2, 0.25) is 10.0 Å². The van der Waals surface area contributed by atoms with Gasteiger partial charge < -0.3 is 9.88 Å². The Hall–Kier alpha value is -2.71. The van der Waals surface area contributed by atoms with E-state index >= 15 is 0 Å². The molecule has 3 aromatic rings. The summed E-state index contributed by atoms with van der Waals surface area (Å²) in [5.74, 6) is 0.688. The van der Waals surface area contributed by atoms with Gasteiger partial charge in [0.15, 0.2) is 0 Å². The molecule has 2 aromatic carbocycles. The van der Waals surface area contributed by atoms with Gasteiger partial charge in [0.25, 0.3) is 5.91 Å². The summed E-state index contributed by atoms with van der Waals surface area (Å²) in [5.41, 5.74) is 2.33. The largest absolute Gasteiger partial charge is 0.340 e. The Morgan fingerprint density at radius 2 is 1.83 bits per heavy atom. The summed E-state index contributed by atoms with van der Waals surface area (Å²) in [6.45, 7) is 5.09. The summed E-state index contributed by atoms with van der Waals surface area (Å²) < 4.78 is 26.7. The van der Waals surface area contributed by atoms with Gasteiger partial charge in [0.1, 0.15) is 5.82 Å². The molecule has 0 radical (unpaired) electrons. The van der Waals surface area contributed by atoms with Gasteiger partial charge in [0.05, 0.1) is 22.0 Å². The van der Waals surface area contributed by atoms with Crippen molar-refractivity contribution in [2.75, 3.05) is 19.6 Å². The maximum atomic E-state index is 13.2. The molecule has 0 saturated carbocycles. The van der Waals surface area contributed by atoms with Crippen LogP contribution in [0.3, 0.4) is 0 Å². The van der Waals surface area contributed by atoms with Gasteiger partial charge >= 0.3 is 0 Å². The van der Waals surface area contributed by atoms with Gasteiger partial charge in [-0.1, -0.05) is 26.0 Å². The number of hydrogen-bond acceptors (Lipinski definition) is 4. The van der Waals surface area contributed by atoms with Crippen LogP contribution in [0.5, 0.6) is 0 Å². The Bertz CT molecular complexity index is 1120. The lowest BCUT2D eigenvalue weighted by atomic mass is 10.1. The normalized spacial score (nSPS) is 17.2. The number of imidazole rings is 1. The van der Waals surface area contributed by atoms with Crippen molar-refractivity contribution < 1.29 is 13.2 Å². The molecule has 0 bridgehead atoms. The molecule has 158 valence electrons. The van der Waals surface area contributed by atoms with Crippen LogP contribution >= 0.6 is 0 Å². The van der Waals surface area contributed by atoms with Crippen LogP contribution in [-0.4, -0.2) is 53.1 Å². The highest BCUT2D eigenvalue weighted by molar-refractivity contribution is 7.89. The van der Waals surface area contributed by atoms with Crippen molar-refractivity contribution >= 4 is 27.0 Å². The third kappa shape index (κ3) is 3.61. The van der Waals surface area contributed by atoms with Gasteiger partial charge in [-0.3, -0.25) is 4.79 Å². The Morgan fingerprint density at radius 1 is 1.13 bits per heavy atom. The summed E-state index contributed by atoms with van der Waals surface area (Å²) in [4.78, 5) is 23.2. The molecule has 1 aliphatic rings. The van der Waals surface area contributed by atoms with Crippen LogP contribution in [0.15, 0.2) is 53.4 Å². The van der Waals surface area contributed by atoms with Crippen molar-refractivity contribution in [3.8, 4) is 0 Å². The Balaban J connectivity index is 1.57. The topological polar surface area (TPSA) is 86.4 Å². The van der Waals surface area contributed by atoms with Gasteiger partial charge in [-0.05, 0) is 49.2 Å². The van der Waals surface area contributed by atoms with E-state index in [0.29, 0.717) is 25.2 Å².